The van der Waals surface area contributed by atoms with Crippen LogP contribution in [0.15, 0.2) is 17.5 Å². The number of carbonyl (C=O) groups excluding carboxylic acids is 1. The average Bonchev–Trinajstić information content (AvgIpc) is 2.99. The Labute approximate surface area is 130 Å². The lowest BCUT2D eigenvalue weighted by molar-refractivity contribution is -0.125. The van der Waals surface area contributed by atoms with Crippen LogP contribution in [0.1, 0.15) is 36.1 Å². The van der Waals surface area contributed by atoms with Crippen LogP contribution in [0.4, 0.5) is 0 Å². The lowest BCUT2D eigenvalue weighted by Gasteiger charge is -2.24. The molecule has 1 aromatic heterocycles. The molecule has 1 unspecified atom stereocenters. The minimum atomic E-state index is 0.00441. The molecule has 1 aliphatic rings. The second kappa shape index (κ2) is 8.32. The first-order chi connectivity index (χ1) is 10.2. The van der Waals surface area contributed by atoms with Crippen LogP contribution in [0, 0.1) is 0 Å². The topological polar surface area (TPSA) is 49.8 Å². The summed E-state index contributed by atoms with van der Waals surface area (Å²) in [6.07, 6.45) is 8.11. The van der Waals surface area contributed by atoms with Gasteiger partial charge in [-0.15, -0.1) is 11.3 Å². The highest BCUT2D eigenvalue weighted by Crippen LogP contribution is 2.17. The zero-order chi connectivity index (χ0) is 15.1. The number of rotatable bonds is 6. The van der Waals surface area contributed by atoms with E-state index in [1.807, 2.05) is 18.5 Å². The SMILES string of the molecule is CN(CCC1CCCCO1)C(=O)/C=C/c1cc(CO)cs1. The molecule has 1 saturated heterocycles. The molecule has 1 amide bonds. The molecule has 1 aliphatic heterocycles. The van der Waals surface area contributed by atoms with Crippen molar-refractivity contribution in [2.75, 3.05) is 20.2 Å². The minimum absolute atomic E-state index is 0.00441. The molecule has 21 heavy (non-hydrogen) atoms. The van der Waals surface area contributed by atoms with Gasteiger partial charge < -0.3 is 14.7 Å². The van der Waals surface area contributed by atoms with Gasteiger partial charge in [0.05, 0.1) is 12.7 Å². The summed E-state index contributed by atoms with van der Waals surface area (Å²) in [5.41, 5.74) is 0.884. The number of ether oxygens (including phenoxy) is 1. The van der Waals surface area contributed by atoms with Crippen LogP contribution in [0.3, 0.4) is 0 Å². The van der Waals surface area contributed by atoms with Gasteiger partial charge in [0, 0.05) is 31.2 Å². The molecule has 2 heterocycles. The third-order valence-corrected chi connectivity index (χ3v) is 4.63. The number of aliphatic hydroxyl groups excluding tert-OH is 1. The van der Waals surface area contributed by atoms with E-state index in [2.05, 4.69) is 0 Å². The molecule has 2 rings (SSSR count). The Morgan fingerprint density at radius 2 is 2.43 bits per heavy atom. The van der Waals surface area contributed by atoms with Crippen molar-refractivity contribution in [3.8, 4) is 0 Å². The molecule has 0 radical (unpaired) electrons. The maximum absolute atomic E-state index is 12.0. The average molecular weight is 309 g/mol. The lowest BCUT2D eigenvalue weighted by atomic mass is 10.1. The summed E-state index contributed by atoms with van der Waals surface area (Å²) >= 11 is 1.53. The highest BCUT2D eigenvalue weighted by molar-refractivity contribution is 7.11. The van der Waals surface area contributed by atoms with E-state index in [-0.39, 0.29) is 12.5 Å². The largest absolute Gasteiger partial charge is 0.392 e. The number of aliphatic hydroxyl groups is 1. The third kappa shape index (κ3) is 5.26. The summed E-state index contributed by atoms with van der Waals surface area (Å²) in [7, 11) is 1.82. The van der Waals surface area contributed by atoms with Gasteiger partial charge >= 0.3 is 0 Å². The zero-order valence-corrected chi connectivity index (χ0v) is 13.3. The van der Waals surface area contributed by atoms with Crippen molar-refractivity contribution < 1.29 is 14.6 Å². The van der Waals surface area contributed by atoms with Gasteiger partial charge in [-0.3, -0.25) is 4.79 Å². The van der Waals surface area contributed by atoms with Crippen LogP contribution in [-0.2, 0) is 16.1 Å². The first kappa shape index (κ1) is 16.2. The Bertz CT molecular complexity index is 478. The van der Waals surface area contributed by atoms with Crippen molar-refractivity contribution in [2.24, 2.45) is 0 Å². The van der Waals surface area contributed by atoms with Gasteiger partial charge in [0.2, 0.25) is 5.91 Å². The Morgan fingerprint density at radius 1 is 1.57 bits per heavy atom. The normalized spacial score (nSPS) is 19.0. The molecule has 0 aromatic carbocycles. The van der Waals surface area contributed by atoms with Crippen molar-refractivity contribution in [1.82, 2.24) is 4.90 Å². The molecule has 1 fully saturated rings. The fraction of sp³-hybridized carbons (Fsp3) is 0.562. The Morgan fingerprint density at radius 3 is 3.10 bits per heavy atom. The van der Waals surface area contributed by atoms with Gasteiger partial charge in [-0.25, -0.2) is 0 Å². The number of likely N-dealkylation sites (N-methyl/N-ethyl adjacent to an activating group) is 1. The number of hydrogen-bond acceptors (Lipinski definition) is 4. The molecule has 0 spiro atoms. The smallest absolute Gasteiger partial charge is 0.246 e. The number of nitrogens with zero attached hydrogens (tertiary/aromatic N) is 1. The Kier molecular flexibility index (Phi) is 6.42. The van der Waals surface area contributed by atoms with Crippen LogP contribution in [0.2, 0.25) is 0 Å². The molecular formula is C16H23NO3S. The van der Waals surface area contributed by atoms with Crippen molar-refractivity contribution in [2.45, 2.75) is 38.4 Å². The summed E-state index contributed by atoms with van der Waals surface area (Å²) in [6.45, 7) is 1.62. The summed E-state index contributed by atoms with van der Waals surface area (Å²) in [4.78, 5) is 14.7. The second-order valence-corrected chi connectivity index (χ2v) is 6.33. The number of amides is 1. The maximum atomic E-state index is 12.0. The second-order valence-electron chi connectivity index (χ2n) is 5.39. The summed E-state index contributed by atoms with van der Waals surface area (Å²) < 4.78 is 5.67. The van der Waals surface area contributed by atoms with Gasteiger partial charge in [-0.05, 0) is 48.8 Å². The zero-order valence-electron chi connectivity index (χ0n) is 12.5. The molecule has 4 nitrogen and oxygen atoms in total. The molecule has 1 atom stereocenters. The monoisotopic (exact) mass is 309 g/mol. The van der Waals surface area contributed by atoms with Crippen LogP contribution in [0.25, 0.3) is 6.08 Å². The van der Waals surface area contributed by atoms with E-state index in [0.29, 0.717) is 6.10 Å². The van der Waals surface area contributed by atoms with Gasteiger partial charge in [0.25, 0.3) is 0 Å². The van der Waals surface area contributed by atoms with Crippen molar-refractivity contribution in [3.05, 3.63) is 28.0 Å². The van der Waals surface area contributed by atoms with E-state index in [1.54, 1.807) is 17.1 Å². The molecule has 0 bridgehead atoms. The molecule has 5 heteroatoms. The lowest BCUT2D eigenvalue weighted by Crippen LogP contribution is -2.30. The van der Waals surface area contributed by atoms with Gasteiger partial charge in [-0.2, -0.15) is 0 Å². The Hall–Kier alpha value is -1.17. The van der Waals surface area contributed by atoms with Crippen molar-refractivity contribution in [1.29, 1.82) is 0 Å². The van der Waals surface area contributed by atoms with E-state index >= 15 is 0 Å². The summed E-state index contributed by atoms with van der Waals surface area (Å²) in [5, 5.41) is 10.9. The van der Waals surface area contributed by atoms with Crippen LogP contribution in [0.5, 0.6) is 0 Å². The molecule has 116 valence electrons. The highest BCUT2D eigenvalue weighted by Gasteiger charge is 2.15. The van der Waals surface area contributed by atoms with E-state index in [0.717, 1.165) is 42.9 Å². The first-order valence-electron chi connectivity index (χ1n) is 7.42. The quantitative estimate of drug-likeness (QED) is 0.822. The van der Waals surface area contributed by atoms with Gasteiger partial charge in [0.1, 0.15) is 0 Å². The Balaban J connectivity index is 1.76. The predicted molar refractivity (Wildman–Crippen MR) is 85.1 cm³/mol. The number of hydrogen-bond donors (Lipinski definition) is 1. The van der Waals surface area contributed by atoms with Crippen molar-refractivity contribution >= 4 is 23.3 Å². The maximum Gasteiger partial charge on any atom is 0.246 e. The molecule has 0 aliphatic carbocycles. The van der Waals surface area contributed by atoms with Crippen LogP contribution < -0.4 is 0 Å². The molecule has 0 saturated carbocycles. The van der Waals surface area contributed by atoms with E-state index in [1.165, 1.54) is 17.8 Å². The van der Waals surface area contributed by atoms with E-state index in [4.69, 9.17) is 9.84 Å². The van der Waals surface area contributed by atoms with E-state index < -0.39 is 0 Å². The fourth-order valence-electron chi connectivity index (χ4n) is 2.33. The molecule has 1 aromatic rings. The van der Waals surface area contributed by atoms with Gasteiger partial charge in [-0.1, -0.05) is 0 Å². The van der Waals surface area contributed by atoms with Crippen molar-refractivity contribution in [3.63, 3.8) is 0 Å². The third-order valence-electron chi connectivity index (χ3n) is 3.68. The molecular weight excluding hydrogens is 286 g/mol. The van der Waals surface area contributed by atoms with Crippen LogP contribution >= 0.6 is 11.3 Å². The van der Waals surface area contributed by atoms with Crippen LogP contribution in [-0.4, -0.2) is 42.2 Å². The predicted octanol–water partition coefficient (Wildman–Crippen LogP) is 2.67. The summed E-state index contributed by atoms with van der Waals surface area (Å²) in [5.74, 6) is 0.00441. The number of thiophene rings is 1. The standard InChI is InChI=1S/C16H23NO3S/c1-17(8-7-14-4-2-3-9-20-14)16(19)6-5-15-10-13(11-18)12-21-15/h5-6,10,12,14,18H,2-4,7-9,11H2,1H3/b6-5+. The first-order valence-corrected chi connectivity index (χ1v) is 8.30. The number of carbonyl (C=O) groups is 1. The molecule has 1 N–H and O–H groups in total. The minimum Gasteiger partial charge on any atom is -0.392 e. The fourth-order valence-corrected chi connectivity index (χ4v) is 3.12. The highest BCUT2D eigenvalue weighted by atomic mass is 32.1. The van der Waals surface area contributed by atoms with E-state index in [9.17, 15) is 4.79 Å². The summed E-state index contributed by atoms with van der Waals surface area (Å²) in [6, 6.07) is 1.89. The van der Waals surface area contributed by atoms with Gasteiger partial charge in [0.15, 0.2) is 0 Å².